The first-order valence-corrected chi connectivity index (χ1v) is 7.04. The standard InChI is InChI=1S/C17H16F2N2O2/c1-10(2)12-5-3-4-6-14(12)20-16(22)17(23)21-15-8-7-11(18)9-13(15)19/h3-10H,1-2H3,(H,20,22)(H,21,23). The quantitative estimate of drug-likeness (QED) is 0.849. The van der Waals surface area contributed by atoms with Gasteiger partial charge < -0.3 is 10.6 Å². The van der Waals surface area contributed by atoms with E-state index in [1.165, 1.54) is 0 Å². The van der Waals surface area contributed by atoms with Crippen molar-refractivity contribution in [2.45, 2.75) is 19.8 Å². The van der Waals surface area contributed by atoms with Gasteiger partial charge >= 0.3 is 11.8 Å². The topological polar surface area (TPSA) is 58.2 Å². The van der Waals surface area contributed by atoms with Crippen molar-refractivity contribution < 1.29 is 18.4 Å². The number of amides is 2. The van der Waals surface area contributed by atoms with Gasteiger partial charge in [0.05, 0.1) is 5.69 Å². The summed E-state index contributed by atoms with van der Waals surface area (Å²) in [5, 5.41) is 4.61. The summed E-state index contributed by atoms with van der Waals surface area (Å²) in [6.45, 7) is 3.91. The van der Waals surface area contributed by atoms with Gasteiger partial charge in [-0.3, -0.25) is 9.59 Å². The molecular formula is C17H16F2N2O2. The largest absolute Gasteiger partial charge is 0.318 e. The van der Waals surface area contributed by atoms with Crippen molar-refractivity contribution in [3.63, 3.8) is 0 Å². The van der Waals surface area contributed by atoms with Crippen LogP contribution in [0.25, 0.3) is 0 Å². The molecule has 0 spiro atoms. The van der Waals surface area contributed by atoms with E-state index in [4.69, 9.17) is 0 Å². The highest BCUT2D eigenvalue weighted by atomic mass is 19.1. The Labute approximate surface area is 132 Å². The zero-order chi connectivity index (χ0) is 17.0. The molecule has 4 nitrogen and oxygen atoms in total. The number of hydrogen-bond donors (Lipinski definition) is 2. The predicted molar refractivity (Wildman–Crippen MR) is 84.1 cm³/mol. The van der Waals surface area contributed by atoms with Crippen molar-refractivity contribution in [1.82, 2.24) is 0 Å². The number of benzene rings is 2. The summed E-state index contributed by atoms with van der Waals surface area (Å²) in [6, 6.07) is 9.76. The van der Waals surface area contributed by atoms with E-state index in [1.54, 1.807) is 12.1 Å². The molecule has 0 saturated carbocycles. The Balaban J connectivity index is 2.10. The third-order valence-electron chi connectivity index (χ3n) is 3.22. The van der Waals surface area contributed by atoms with Crippen molar-refractivity contribution in [2.24, 2.45) is 0 Å². The van der Waals surface area contributed by atoms with Gasteiger partial charge in [-0.05, 0) is 29.7 Å². The van der Waals surface area contributed by atoms with Crippen LogP contribution in [0.2, 0.25) is 0 Å². The van der Waals surface area contributed by atoms with Crippen molar-refractivity contribution >= 4 is 23.2 Å². The Kier molecular flexibility index (Phi) is 5.05. The van der Waals surface area contributed by atoms with Gasteiger partial charge in [0.1, 0.15) is 11.6 Å². The molecule has 2 aromatic carbocycles. The van der Waals surface area contributed by atoms with Crippen LogP contribution < -0.4 is 10.6 Å². The third kappa shape index (κ3) is 4.12. The molecular weight excluding hydrogens is 302 g/mol. The molecule has 0 aliphatic carbocycles. The van der Waals surface area contributed by atoms with Crippen molar-refractivity contribution in [1.29, 1.82) is 0 Å². The van der Waals surface area contributed by atoms with E-state index in [9.17, 15) is 18.4 Å². The maximum atomic E-state index is 13.5. The van der Waals surface area contributed by atoms with Gasteiger partial charge in [-0.15, -0.1) is 0 Å². The molecule has 2 rings (SSSR count). The molecule has 2 amide bonds. The van der Waals surface area contributed by atoms with E-state index in [2.05, 4.69) is 10.6 Å². The van der Waals surface area contributed by atoms with Crippen LogP contribution in [0, 0.1) is 11.6 Å². The van der Waals surface area contributed by atoms with E-state index >= 15 is 0 Å². The second kappa shape index (κ2) is 7.00. The highest BCUT2D eigenvalue weighted by Crippen LogP contribution is 2.23. The van der Waals surface area contributed by atoms with E-state index in [-0.39, 0.29) is 11.6 Å². The van der Waals surface area contributed by atoms with E-state index in [0.717, 1.165) is 17.7 Å². The summed E-state index contributed by atoms with van der Waals surface area (Å²) in [5.41, 5.74) is 1.13. The lowest BCUT2D eigenvalue weighted by Crippen LogP contribution is -2.29. The maximum Gasteiger partial charge on any atom is 0.314 e. The van der Waals surface area contributed by atoms with E-state index < -0.39 is 23.4 Å². The summed E-state index contributed by atoms with van der Waals surface area (Å²) >= 11 is 0. The Morgan fingerprint density at radius 1 is 0.913 bits per heavy atom. The van der Waals surface area contributed by atoms with Crippen LogP contribution in [-0.4, -0.2) is 11.8 Å². The number of nitrogens with one attached hydrogen (secondary N) is 2. The van der Waals surface area contributed by atoms with Crippen LogP contribution >= 0.6 is 0 Å². The van der Waals surface area contributed by atoms with E-state index in [0.29, 0.717) is 11.8 Å². The first-order chi connectivity index (χ1) is 10.9. The van der Waals surface area contributed by atoms with Gasteiger partial charge in [-0.1, -0.05) is 32.0 Å². The van der Waals surface area contributed by atoms with Crippen molar-refractivity contribution in [3.8, 4) is 0 Å². The highest BCUT2D eigenvalue weighted by molar-refractivity contribution is 6.43. The number of carbonyl (C=O) groups excluding carboxylic acids is 2. The minimum Gasteiger partial charge on any atom is -0.318 e. The molecule has 2 aromatic rings. The molecule has 0 atom stereocenters. The predicted octanol–water partition coefficient (Wildman–Crippen LogP) is 3.67. The molecule has 0 unspecified atom stereocenters. The fourth-order valence-electron chi connectivity index (χ4n) is 2.06. The minimum atomic E-state index is -1.03. The zero-order valence-corrected chi connectivity index (χ0v) is 12.7. The SMILES string of the molecule is CC(C)c1ccccc1NC(=O)C(=O)Nc1ccc(F)cc1F. The Hall–Kier alpha value is -2.76. The van der Waals surface area contributed by atoms with Gasteiger partial charge in [0.2, 0.25) is 0 Å². The van der Waals surface area contributed by atoms with E-state index in [1.807, 2.05) is 26.0 Å². The lowest BCUT2D eigenvalue weighted by atomic mass is 10.0. The van der Waals surface area contributed by atoms with Gasteiger partial charge in [0.25, 0.3) is 0 Å². The number of hydrogen-bond acceptors (Lipinski definition) is 2. The fourth-order valence-corrected chi connectivity index (χ4v) is 2.06. The Morgan fingerprint density at radius 2 is 1.52 bits per heavy atom. The molecule has 0 aromatic heterocycles. The summed E-state index contributed by atoms with van der Waals surface area (Å²) in [6.07, 6.45) is 0. The molecule has 0 aliphatic rings. The summed E-state index contributed by atoms with van der Waals surface area (Å²) < 4.78 is 26.3. The Morgan fingerprint density at radius 3 is 2.13 bits per heavy atom. The normalized spacial score (nSPS) is 10.5. The monoisotopic (exact) mass is 318 g/mol. The van der Waals surface area contributed by atoms with Gasteiger partial charge in [0.15, 0.2) is 0 Å². The Bertz CT molecular complexity index is 745. The number of carbonyl (C=O) groups is 2. The van der Waals surface area contributed by atoms with Crippen LogP contribution in [0.4, 0.5) is 20.2 Å². The lowest BCUT2D eigenvalue weighted by molar-refractivity contribution is -0.133. The third-order valence-corrected chi connectivity index (χ3v) is 3.22. The van der Waals surface area contributed by atoms with Crippen molar-refractivity contribution in [3.05, 3.63) is 59.7 Å². The summed E-state index contributed by atoms with van der Waals surface area (Å²) in [4.78, 5) is 23.8. The molecule has 2 N–H and O–H groups in total. The lowest BCUT2D eigenvalue weighted by Gasteiger charge is -2.13. The maximum absolute atomic E-state index is 13.5. The average Bonchev–Trinajstić information content (AvgIpc) is 2.50. The van der Waals surface area contributed by atoms with Gasteiger partial charge in [-0.25, -0.2) is 8.78 Å². The van der Waals surface area contributed by atoms with Crippen LogP contribution in [0.3, 0.4) is 0 Å². The first-order valence-electron chi connectivity index (χ1n) is 7.04. The molecule has 0 saturated heterocycles. The molecule has 0 bridgehead atoms. The summed E-state index contributed by atoms with van der Waals surface area (Å²) in [5.74, 6) is -3.52. The van der Waals surface area contributed by atoms with Crippen LogP contribution in [-0.2, 0) is 9.59 Å². The van der Waals surface area contributed by atoms with Crippen LogP contribution in [0.15, 0.2) is 42.5 Å². The average molecular weight is 318 g/mol. The first kappa shape index (κ1) is 16.6. The number of anilines is 2. The van der Waals surface area contributed by atoms with Gasteiger partial charge in [0, 0.05) is 11.8 Å². The molecule has 6 heteroatoms. The fraction of sp³-hybridized carbons (Fsp3) is 0.176. The zero-order valence-electron chi connectivity index (χ0n) is 12.7. The second-order valence-electron chi connectivity index (χ2n) is 5.27. The van der Waals surface area contributed by atoms with Crippen LogP contribution in [0.1, 0.15) is 25.3 Å². The highest BCUT2D eigenvalue weighted by Gasteiger charge is 2.18. The molecule has 0 radical (unpaired) electrons. The molecule has 23 heavy (non-hydrogen) atoms. The molecule has 0 fully saturated rings. The molecule has 120 valence electrons. The number of rotatable bonds is 3. The van der Waals surface area contributed by atoms with Crippen LogP contribution in [0.5, 0.6) is 0 Å². The molecule has 0 heterocycles. The van der Waals surface area contributed by atoms with Gasteiger partial charge in [-0.2, -0.15) is 0 Å². The molecule has 0 aliphatic heterocycles. The second-order valence-corrected chi connectivity index (χ2v) is 5.27. The number of para-hydroxylation sites is 1. The minimum absolute atomic E-state index is 0.157. The number of halogens is 2. The smallest absolute Gasteiger partial charge is 0.314 e. The summed E-state index contributed by atoms with van der Waals surface area (Å²) in [7, 11) is 0. The van der Waals surface area contributed by atoms with Crippen molar-refractivity contribution in [2.75, 3.05) is 10.6 Å².